The maximum atomic E-state index is 13.0. The van der Waals surface area contributed by atoms with Gasteiger partial charge in [0.05, 0.1) is 18.8 Å². The SMILES string of the molecule is CCCCC/C=C\C/C=C\C/C=C\CC(O)C(O)CCCC(=O)O[C@H](COC(=O)CCCCCCCCCCCCCCCCCCC)COP(=O)(O)O[C@H]1C(O)C(O)C(O)[C@@H](OP(=O)(O)O)C1O. The summed E-state index contributed by atoms with van der Waals surface area (Å²) < 4.78 is 49.3. The molecule has 0 bridgehead atoms. The van der Waals surface area contributed by atoms with E-state index in [4.69, 9.17) is 18.5 Å². The Morgan fingerprint density at radius 3 is 1.52 bits per heavy atom. The Morgan fingerprint density at radius 1 is 0.522 bits per heavy atom. The van der Waals surface area contributed by atoms with Gasteiger partial charge in [0.2, 0.25) is 0 Å². The number of allylic oxidation sites excluding steroid dienone is 5. The Kier molecular flexibility index (Phi) is 37.4. The second-order valence-electron chi connectivity index (χ2n) is 18.2. The van der Waals surface area contributed by atoms with Gasteiger partial charge in [0, 0.05) is 12.8 Å². The van der Waals surface area contributed by atoms with E-state index in [0.29, 0.717) is 12.8 Å². The number of rotatable bonds is 43. The maximum absolute atomic E-state index is 13.0. The van der Waals surface area contributed by atoms with Gasteiger partial charge in [-0.1, -0.05) is 166 Å². The first-order valence-corrected chi connectivity index (χ1v) is 28.7. The summed E-state index contributed by atoms with van der Waals surface area (Å²) in [7, 11) is -10.8. The number of phosphoric acid groups is 2. The molecule has 1 fully saturated rings. The van der Waals surface area contributed by atoms with E-state index in [0.717, 1.165) is 38.5 Å². The molecule has 0 radical (unpaired) electrons. The van der Waals surface area contributed by atoms with Crippen LogP contribution in [0.5, 0.6) is 0 Å². The fourth-order valence-corrected chi connectivity index (χ4v) is 9.32. The van der Waals surface area contributed by atoms with Crippen molar-refractivity contribution in [2.24, 2.45) is 0 Å². The van der Waals surface area contributed by atoms with Gasteiger partial charge in [0.15, 0.2) is 6.10 Å². The van der Waals surface area contributed by atoms with Crippen molar-refractivity contribution >= 4 is 27.6 Å². The number of hydrogen-bond donors (Lipinski definition) is 9. The molecule has 404 valence electrons. The summed E-state index contributed by atoms with van der Waals surface area (Å²) in [5.41, 5.74) is 0. The molecule has 1 saturated carbocycles. The van der Waals surface area contributed by atoms with Gasteiger partial charge in [0.1, 0.15) is 43.2 Å². The van der Waals surface area contributed by atoms with E-state index < -0.39 is 95.7 Å². The van der Waals surface area contributed by atoms with Crippen molar-refractivity contribution in [2.75, 3.05) is 13.2 Å². The van der Waals surface area contributed by atoms with Crippen LogP contribution in [0.15, 0.2) is 36.5 Å². The van der Waals surface area contributed by atoms with E-state index >= 15 is 0 Å². The van der Waals surface area contributed by atoms with E-state index in [1.54, 1.807) is 6.08 Å². The number of aliphatic hydroxyl groups is 6. The molecule has 0 aromatic rings. The average Bonchev–Trinajstić information content (AvgIpc) is 3.30. The number of unbranched alkanes of at least 4 members (excludes halogenated alkanes) is 19. The van der Waals surface area contributed by atoms with Crippen LogP contribution in [-0.2, 0) is 41.8 Å². The summed E-state index contributed by atoms with van der Waals surface area (Å²) in [6.45, 7) is 2.86. The van der Waals surface area contributed by atoms with Crippen molar-refractivity contribution in [1.29, 1.82) is 0 Å². The number of hydrogen-bond acceptors (Lipinski definition) is 15. The Morgan fingerprint density at radius 2 is 0.986 bits per heavy atom. The largest absolute Gasteiger partial charge is 0.472 e. The Balaban J connectivity index is 2.65. The van der Waals surface area contributed by atoms with Crippen molar-refractivity contribution in [2.45, 2.75) is 249 Å². The third kappa shape index (κ3) is 33.5. The van der Waals surface area contributed by atoms with Gasteiger partial charge in [0.25, 0.3) is 0 Å². The molecule has 0 spiro atoms. The molecule has 18 nitrogen and oxygen atoms in total. The number of phosphoric ester groups is 2. The van der Waals surface area contributed by atoms with Crippen LogP contribution in [0.4, 0.5) is 0 Å². The molecule has 1 aliphatic rings. The highest BCUT2D eigenvalue weighted by Crippen LogP contribution is 2.49. The summed E-state index contributed by atoms with van der Waals surface area (Å²) in [5.74, 6) is -1.48. The smallest absolute Gasteiger partial charge is 0.462 e. The number of carbonyl (C=O) groups excluding carboxylic acids is 2. The minimum absolute atomic E-state index is 0.0309. The van der Waals surface area contributed by atoms with Crippen molar-refractivity contribution in [3.63, 3.8) is 0 Å². The predicted octanol–water partition coefficient (Wildman–Crippen LogP) is 8.23. The highest BCUT2D eigenvalue weighted by atomic mass is 31.2. The van der Waals surface area contributed by atoms with E-state index in [2.05, 4.69) is 36.6 Å². The lowest BCUT2D eigenvalue weighted by molar-refractivity contribution is -0.216. The predicted molar refractivity (Wildman–Crippen MR) is 262 cm³/mol. The van der Waals surface area contributed by atoms with Crippen molar-refractivity contribution in [3.05, 3.63) is 36.5 Å². The molecular weight excluding hydrogens is 938 g/mol. The standard InChI is InChI=1S/C49H90O18P2/c1-3-5-7-9-11-13-15-17-18-19-20-21-23-25-27-29-31-35-42(52)63-37-39(38-64-69(61,62)67-49-46(56)44(54)45(55)48(47(49)57)66-68(58,59)60)65-43(53)36-32-34-41(51)40(50)33-30-28-26-24-22-16-14-12-10-8-6-4-2/h12,14,22,24,28,30,39-41,44-51,54-57H,3-11,13,15-21,23,25-27,29,31-38H2,1-2H3,(H,61,62)(H2,58,59,60)/b14-12-,24-22-,30-28-/t39-,40?,41?,44?,45?,46?,47?,48-,49+/m1/s1. The first-order chi connectivity index (χ1) is 32.9. The highest BCUT2D eigenvalue weighted by Gasteiger charge is 2.54. The van der Waals surface area contributed by atoms with Crippen molar-refractivity contribution in [3.8, 4) is 0 Å². The van der Waals surface area contributed by atoms with E-state index in [-0.39, 0.29) is 32.1 Å². The molecule has 0 heterocycles. The van der Waals surface area contributed by atoms with Gasteiger partial charge >= 0.3 is 27.6 Å². The molecule has 20 heteroatoms. The van der Waals surface area contributed by atoms with Crippen LogP contribution in [0, 0.1) is 0 Å². The minimum Gasteiger partial charge on any atom is -0.462 e. The second kappa shape index (κ2) is 39.6. The van der Waals surface area contributed by atoms with E-state index in [1.807, 2.05) is 12.2 Å². The van der Waals surface area contributed by atoms with Gasteiger partial charge in [-0.25, -0.2) is 9.13 Å². The molecule has 69 heavy (non-hydrogen) atoms. The van der Waals surface area contributed by atoms with Crippen LogP contribution in [0.1, 0.15) is 194 Å². The van der Waals surface area contributed by atoms with Crippen molar-refractivity contribution < 1.29 is 87.1 Å². The molecule has 0 aromatic heterocycles. The molecule has 0 amide bonds. The number of aliphatic hydroxyl groups excluding tert-OH is 6. The average molecular weight is 1030 g/mol. The molecule has 0 aliphatic heterocycles. The zero-order valence-electron chi connectivity index (χ0n) is 41.5. The van der Waals surface area contributed by atoms with Gasteiger partial charge in [-0.3, -0.25) is 23.2 Å². The Labute approximate surface area is 411 Å². The lowest BCUT2D eigenvalue weighted by atomic mass is 9.85. The molecule has 7 unspecified atom stereocenters. The topological polar surface area (TPSA) is 296 Å². The monoisotopic (exact) mass is 1030 g/mol. The molecule has 0 aromatic carbocycles. The fourth-order valence-electron chi connectivity index (χ4n) is 7.78. The van der Waals surface area contributed by atoms with Gasteiger partial charge in [-0.2, -0.15) is 0 Å². The molecular formula is C49H90O18P2. The lowest BCUT2D eigenvalue weighted by Crippen LogP contribution is -2.64. The molecule has 9 N–H and O–H groups in total. The van der Waals surface area contributed by atoms with Crippen LogP contribution in [0.3, 0.4) is 0 Å². The second-order valence-corrected chi connectivity index (χ2v) is 20.8. The minimum atomic E-state index is -5.40. The molecule has 1 rings (SSSR count). The Bertz CT molecular complexity index is 1510. The van der Waals surface area contributed by atoms with Gasteiger partial charge < -0.3 is 54.8 Å². The number of esters is 2. The van der Waals surface area contributed by atoms with Gasteiger partial charge in [-0.05, 0) is 51.4 Å². The zero-order chi connectivity index (χ0) is 51.3. The summed E-state index contributed by atoms with van der Waals surface area (Å²) in [6, 6.07) is 0. The Hall–Kier alpha value is -1.86. The first kappa shape index (κ1) is 65.2. The molecule has 1 aliphatic carbocycles. The van der Waals surface area contributed by atoms with E-state index in [9.17, 15) is 64.0 Å². The zero-order valence-corrected chi connectivity index (χ0v) is 43.3. The van der Waals surface area contributed by atoms with Crippen LogP contribution >= 0.6 is 15.6 Å². The van der Waals surface area contributed by atoms with Crippen molar-refractivity contribution in [1.82, 2.24) is 0 Å². The van der Waals surface area contributed by atoms with Gasteiger partial charge in [-0.15, -0.1) is 0 Å². The van der Waals surface area contributed by atoms with Crippen LogP contribution in [0.25, 0.3) is 0 Å². The number of carbonyl (C=O) groups is 2. The molecule has 10 atom stereocenters. The summed E-state index contributed by atoms with van der Waals surface area (Å²) in [6.07, 6.45) is 20.9. The quantitative estimate of drug-likeness (QED) is 0.0120. The summed E-state index contributed by atoms with van der Waals surface area (Å²) >= 11 is 0. The third-order valence-corrected chi connectivity index (χ3v) is 13.4. The van der Waals surface area contributed by atoms with Crippen LogP contribution in [-0.4, -0.2) is 125 Å². The molecule has 0 saturated heterocycles. The highest BCUT2D eigenvalue weighted by molar-refractivity contribution is 7.47. The normalized spacial score (nSPS) is 22.3. The maximum Gasteiger partial charge on any atom is 0.472 e. The van der Waals surface area contributed by atoms with E-state index in [1.165, 1.54) is 96.3 Å². The summed E-state index contributed by atoms with van der Waals surface area (Å²) in [5, 5.41) is 62.2. The third-order valence-electron chi connectivity index (χ3n) is 11.9. The number of ether oxygens (including phenoxy) is 2. The van der Waals surface area contributed by atoms with Crippen LogP contribution < -0.4 is 0 Å². The first-order valence-electron chi connectivity index (χ1n) is 25.7. The fraction of sp³-hybridized carbons (Fsp3) is 0.837. The van der Waals surface area contributed by atoms with Crippen LogP contribution in [0.2, 0.25) is 0 Å². The summed E-state index contributed by atoms with van der Waals surface area (Å²) in [4.78, 5) is 54.4. The lowest BCUT2D eigenvalue weighted by Gasteiger charge is -2.43.